The molecular formula is C22H17N3O3S. The van der Waals surface area contributed by atoms with E-state index >= 15 is 0 Å². The van der Waals surface area contributed by atoms with Crippen LogP contribution in [0, 0.1) is 0 Å². The third kappa shape index (κ3) is 3.43. The fraction of sp³-hybridized carbons (Fsp3) is 0.0455. The highest BCUT2D eigenvalue weighted by atomic mass is 32.1. The van der Waals surface area contributed by atoms with E-state index in [0.29, 0.717) is 17.1 Å². The summed E-state index contributed by atoms with van der Waals surface area (Å²) in [4.78, 5) is 27.1. The second-order valence-corrected chi connectivity index (χ2v) is 6.66. The standard InChI is InChI=1S/C22H17N3O3S/c1-28-19-12-6-5-11-18(19)25-21(27)17(20(26)23-22(25)29)14-16-10-7-13-24(16)15-8-3-2-4-9-15/h2-14H,1H3,(H,23,26,29)/b17-14+. The van der Waals surface area contributed by atoms with E-state index in [4.69, 9.17) is 17.0 Å². The first-order chi connectivity index (χ1) is 14.1. The van der Waals surface area contributed by atoms with Crippen molar-refractivity contribution in [2.24, 2.45) is 0 Å². The molecule has 0 atom stereocenters. The van der Waals surface area contributed by atoms with Crippen molar-refractivity contribution in [3.05, 3.63) is 84.2 Å². The minimum atomic E-state index is -0.535. The van der Waals surface area contributed by atoms with Crippen LogP contribution in [-0.2, 0) is 9.59 Å². The summed E-state index contributed by atoms with van der Waals surface area (Å²) in [7, 11) is 1.51. The molecule has 1 aliphatic heterocycles. The molecule has 0 saturated carbocycles. The molecule has 29 heavy (non-hydrogen) atoms. The van der Waals surface area contributed by atoms with E-state index in [1.54, 1.807) is 30.3 Å². The summed E-state index contributed by atoms with van der Waals surface area (Å²) >= 11 is 5.26. The second kappa shape index (κ2) is 7.73. The van der Waals surface area contributed by atoms with Gasteiger partial charge in [0.1, 0.15) is 11.3 Å². The summed E-state index contributed by atoms with van der Waals surface area (Å²) < 4.78 is 7.25. The molecule has 1 fully saturated rings. The molecule has 1 N–H and O–H groups in total. The zero-order valence-corrected chi connectivity index (χ0v) is 16.3. The summed E-state index contributed by atoms with van der Waals surface area (Å²) in [6.07, 6.45) is 3.43. The summed E-state index contributed by atoms with van der Waals surface area (Å²) in [5.41, 5.74) is 2.07. The SMILES string of the molecule is COc1ccccc1N1C(=O)/C(=C/c2cccn2-c2ccccc2)C(=O)NC1=S. The number of methoxy groups -OCH3 is 1. The van der Waals surface area contributed by atoms with Gasteiger partial charge in [-0.2, -0.15) is 0 Å². The maximum absolute atomic E-state index is 13.2. The monoisotopic (exact) mass is 403 g/mol. The normalized spacial score (nSPS) is 15.6. The van der Waals surface area contributed by atoms with Gasteiger partial charge in [-0.25, -0.2) is 4.90 Å². The third-order valence-corrected chi connectivity index (χ3v) is 4.82. The highest BCUT2D eigenvalue weighted by Crippen LogP contribution is 2.31. The maximum atomic E-state index is 13.2. The van der Waals surface area contributed by atoms with Gasteiger partial charge in [-0.1, -0.05) is 30.3 Å². The average molecular weight is 403 g/mol. The molecule has 7 heteroatoms. The van der Waals surface area contributed by atoms with Crippen molar-refractivity contribution in [3.8, 4) is 11.4 Å². The first kappa shape index (κ1) is 18.6. The maximum Gasteiger partial charge on any atom is 0.270 e. The van der Waals surface area contributed by atoms with Crippen molar-refractivity contribution in [1.82, 2.24) is 9.88 Å². The number of anilines is 1. The molecule has 0 aliphatic carbocycles. The Morgan fingerprint density at radius 1 is 0.966 bits per heavy atom. The molecule has 0 radical (unpaired) electrons. The number of benzene rings is 2. The lowest BCUT2D eigenvalue weighted by molar-refractivity contribution is -0.122. The van der Waals surface area contributed by atoms with Gasteiger partial charge in [-0.3, -0.25) is 14.9 Å². The van der Waals surface area contributed by atoms with E-state index in [1.165, 1.54) is 12.0 Å². The van der Waals surface area contributed by atoms with Crippen LogP contribution in [0.1, 0.15) is 5.69 Å². The minimum absolute atomic E-state index is 0.0135. The van der Waals surface area contributed by atoms with Gasteiger partial charge in [-0.15, -0.1) is 0 Å². The molecule has 2 aromatic carbocycles. The molecular weight excluding hydrogens is 386 g/mol. The van der Waals surface area contributed by atoms with Gasteiger partial charge in [0.05, 0.1) is 12.8 Å². The Balaban J connectivity index is 1.77. The van der Waals surface area contributed by atoms with Crippen LogP contribution >= 0.6 is 12.2 Å². The second-order valence-electron chi connectivity index (χ2n) is 6.27. The number of hydrogen-bond acceptors (Lipinski definition) is 4. The Labute approximate surface area is 173 Å². The molecule has 0 bridgehead atoms. The number of hydrogen-bond donors (Lipinski definition) is 1. The van der Waals surface area contributed by atoms with Gasteiger partial charge in [0.25, 0.3) is 11.8 Å². The number of amides is 2. The zero-order valence-electron chi connectivity index (χ0n) is 15.5. The van der Waals surface area contributed by atoms with Crippen LogP contribution in [0.3, 0.4) is 0 Å². The lowest BCUT2D eigenvalue weighted by Crippen LogP contribution is -2.54. The van der Waals surface area contributed by atoms with Crippen LogP contribution in [0.15, 0.2) is 78.5 Å². The quantitative estimate of drug-likeness (QED) is 0.412. The van der Waals surface area contributed by atoms with Crippen LogP contribution < -0.4 is 15.0 Å². The lowest BCUT2D eigenvalue weighted by Gasteiger charge is -2.29. The number of para-hydroxylation sites is 3. The van der Waals surface area contributed by atoms with Gasteiger partial charge >= 0.3 is 0 Å². The predicted octanol–water partition coefficient (Wildman–Crippen LogP) is 3.32. The number of nitrogens with zero attached hydrogens (tertiary/aromatic N) is 2. The van der Waals surface area contributed by atoms with E-state index in [2.05, 4.69) is 5.32 Å². The predicted molar refractivity (Wildman–Crippen MR) is 115 cm³/mol. The molecule has 0 unspecified atom stereocenters. The largest absolute Gasteiger partial charge is 0.495 e. The van der Waals surface area contributed by atoms with Gasteiger partial charge in [-0.05, 0) is 54.7 Å². The number of thiocarbonyl (C=S) groups is 1. The summed E-state index contributed by atoms with van der Waals surface area (Å²) in [6, 6.07) is 20.4. The highest BCUT2D eigenvalue weighted by molar-refractivity contribution is 7.80. The summed E-state index contributed by atoms with van der Waals surface area (Å²) in [6.45, 7) is 0. The van der Waals surface area contributed by atoms with Gasteiger partial charge in [0, 0.05) is 17.6 Å². The van der Waals surface area contributed by atoms with Gasteiger partial charge < -0.3 is 9.30 Å². The van der Waals surface area contributed by atoms with Gasteiger partial charge in [0.2, 0.25) is 0 Å². The van der Waals surface area contributed by atoms with Crippen LogP contribution in [0.25, 0.3) is 11.8 Å². The van der Waals surface area contributed by atoms with Crippen LogP contribution in [0.4, 0.5) is 5.69 Å². The molecule has 4 rings (SSSR count). The van der Waals surface area contributed by atoms with E-state index in [9.17, 15) is 9.59 Å². The average Bonchev–Trinajstić information content (AvgIpc) is 3.20. The molecule has 2 amide bonds. The molecule has 0 spiro atoms. The fourth-order valence-corrected chi connectivity index (χ4v) is 3.45. The zero-order chi connectivity index (χ0) is 20.4. The number of carbonyl (C=O) groups is 2. The minimum Gasteiger partial charge on any atom is -0.495 e. The van der Waals surface area contributed by atoms with Crippen molar-refractivity contribution in [3.63, 3.8) is 0 Å². The molecule has 144 valence electrons. The molecule has 2 heterocycles. The smallest absolute Gasteiger partial charge is 0.270 e. The number of carbonyl (C=O) groups excluding carboxylic acids is 2. The molecule has 6 nitrogen and oxygen atoms in total. The van der Waals surface area contributed by atoms with E-state index in [1.807, 2.05) is 53.2 Å². The van der Waals surface area contributed by atoms with Crippen LogP contribution in [0.5, 0.6) is 5.75 Å². The number of aromatic nitrogens is 1. The van der Waals surface area contributed by atoms with Crippen molar-refractivity contribution in [1.29, 1.82) is 0 Å². The number of ether oxygens (including phenoxy) is 1. The van der Waals surface area contributed by atoms with Crippen molar-refractivity contribution < 1.29 is 14.3 Å². The lowest BCUT2D eigenvalue weighted by atomic mass is 10.1. The first-order valence-corrected chi connectivity index (χ1v) is 9.28. The van der Waals surface area contributed by atoms with Crippen LogP contribution in [0.2, 0.25) is 0 Å². The van der Waals surface area contributed by atoms with Crippen molar-refractivity contribution in [2.75, 3.05) is 12.0 Å². The Bertz CT molecular complexity index is 1130. The Morgan fingerprint density at radius 3 is 2.45 bits per heavy atom. The summed E-state index contributed by atoms with van der Waals surface area (Å²) in [5.74, 6) is -0.567. The molecule has 1 aromatic heterocycles. The van der Waals surface area contributed by atoms with Crippen LogP contribution in [-0.4, -0.2) is 28.6 Å². The Hall–Kier alpha value is -3.71. The van der Waals surface area contributed by atoms with E-state index < -0.39 is 11.8 Å². The van der Waals surface area contributed by atoms with E-state index in [0.717, 1.165) is 5.69 Å². The fourth-order valence-electron chi connectivity index (χ4n) is 3.17. The number of rotatable bonds is 4. The van der Waals surface area contributed by atoms with E-state index in [-0.39, 0.29) is 10.7 Å². The van der Waals surface area contributed by atoms with Gasteiger partial charge in [0.15, 0.2) is 5.11 Å². The van der Waals surface area contributed by atoms with Crippen molar-refractivity contribution in [2.45, 2.75) is 0 Å². The highest BCUT2D eigenvalue weighted by Gasteiger charge is 2.35. The Morgan fingerprint density at radius 2 is 1.69 bits per heavy atom. The molecule has 1 saturated heterocycles. The Kier molecular flexibility index (Phi) is 4.97. The third-order valence-electron chi connectivity index (χ3n) is 4.53. The molecule has 3 aromatic rings. The van der Waals surface area contributed by atoms with Crippen molar-refractivity contribution >= 4 is 40.9 Å². The number of nitrogens with one attached hydrogen (secondary N) is 1. The summed E-state index contributed by atoms with van der Waals surface area (Å²) in [5, 5.41) is 2.61. The topological polar surface area (TPSA) is 63.6 Å². The molecule has 1 aliphatic rings. The first-order valence-electron chi connectivity index (χ1n) is 8.87.